The van der Waals surface area contributed by atoms with Crippen molar-refractivity contribution < 1.29 is 22.7 Å². The molecule has 0 aliphatic carbocycles. The zero-order chi connectivity index (χ0) is 34.1. The van der Waals surface area contributed by atoms with E-state index in [-0.39, 0.29) is 29.8 Å². The van der Waals surface area contributed by atoms with Gasteiger partial charge in [-0.1, -0.05) is 78.7 Å². The molecule has 0 saturated heterocycles. The highest BCUT2D eigenvalue weighted by Crippen LogP contribution is 2.30. The van der Waals surface area contributed by atoms with Gasteiger partial charge >= 0.3 is 0 Å². The molecule has 2 atom stereocenters. The number of methoxy groups -OCH3 is 1. The molecule has 1 N–H and O–H groups in total. The Kier molecular flexibility index (Phi) is 12.1. The number of benzene rings is 4. The summed E-state index contributed by atoms with van der Waals surface area (Å²) < 4.78 is 35.1. The smallest absolute Gasteiger partial charge is 0.264 e. The second-order valence-corrected chi connectivity index (χ2v) is 14.0. The van der Waals surface area contributed by atoms with Crippen LogP contribution in [0.1, 0.15) is 42.5 Å². The first-order valence-corrected chi connectivity index (χ1v) is 17.4. The molecule has 0 aliphatic rings. The fourth-order valence-electron chi connectivity index (χ4n) is 5.21. The third kappa shape index (κ3) is 9.14. The van der Waals surface area contributed by atoms with E-state index in [1.807, 2.05) is 63.2 Å². The molecule has 0 spiro atoms. The van der Waals surface area contributed by atoms with Crippen LogP contribution in [0.4, 0.5) is 5.69 Å². The minimum atomic E-state index is -4.22. The molecular formula is C37H42ClN3O5S. The number of aryl methyl sites for hydroxylation is 2. The first-order valence-electron chi connectivity index (χ1n) is 15.5. The highest BCUT2D eigenvalue weighted by molar-refractivity contribution is 7.92. The predicted molar refractivity (Wildman–Crippen MR) is 187 cm³/mol. The number of halogens is 1. The lowest BCUT2D eigenvalue weighted by atomic mass is 10.0. The van der Waals surface area contributed by atoms with Crippen molar-refractivity contribution in [1.82, 2.24) is 10.2 Å². The van der Waals surface area contributed by atoms with Crippen LogP contribution in [0.2, 0.25) is 5.02 Å². The zero-order valence-corrected chi connectivity index (χ0v) is 29.0. The summed E-state index contributed by atoms with van der Waals surface area (Å²) in [4.78, 5) is 30.2. The van der Waals surface area contributed by atoms with E-state index in [4.69, 9.17) is 16.3 Å². The minimum Gasteiger partial charge on any atom is -0.497 e. The molecule has 0 fully saturated rings. The maximum absolute atomic E-state index is 14.7. The van der Waals surface area contributed by atoms with Crippen molar-refractivity contribution in [2.75, 3.05) is 18.0 Å². The van der Waals surface area contributed by atoms with Crippen molar-refractivity contribution in [3.8, 4) is 5.75 Å². The van der Waals surface area contributed by atoms with E-state index in [1.54, 1.807) is 56.5 Å². The Balaban J connectivity index is 1.84. The van der Waals surface area contributed by atoms with Crippen LogP contribution < -0.4 is 14.4 Å². The van der Waals surface area contributed by atoms with Gasteiger partial charge in [-0.3, -0.25) is 13.9 Å². The van der Waals surface area contributed by atoms with Gasteiger partial charge in [0.1, 0.15) is 18.3 Å². The van der Waals surface area contributed by atoms with E-state index >= 15 is 0 Å². The molecule has 0 aliphatic heterocycles. The van der Waals surface area contributed by atoms with Crippen molar-refractivity contribution in [1.29, 1.82) is 0 Å². The molecule has 0 aromatic heterocycles. The average Bonchev–Trinajstić information content (AvgIpc) is 3.06. The number of nitrogens with zero attached hydrogens (tertiary/aromatic N) is 2. The van der Waals surface area contributed by atoms with Gasteiger partial charge < -0.3 is 15.0 Å². The molecule has 47 heavy (non-hydrogen) atoms. The van der Waals surface area contributed by atoms with Crippen LogP contribution in [-0.2, 0) is 32.6 Å². The maximum Gasteiger partial charge on any atom is 0.264 e. The Bertz CT molecular complexity index is 1780. The Labute approximate surface area is 283 Å². The average molecular weight is 676 g/mol. The lowest BCUT2D eigenvalue weighted by molar-refractivity contribution is -0.140. The summed E-state index contributed by atoms with van der Waals surface area (Å²) in [5, 5.41) is 3.49. The van der Waals surface area contributed by atoms with E-state index in [0.29, 0.717) is 28.4 Å². The number of ether oxygens (including phenoxy) is 1. The standard InChI is InChI=1S/C37H42ClN3O5S/c1-6-28(4)39-37(43)35(23-29-11-8-7-9-12-29)40(24-30-13-10-14-32(22-30)46-5)36(42)25-41(34-20-17-31(38)21-27(34)3)47(44,45)33-18-15-26(2)16-19-33/h7-22,28,35H,6,23-25H2,1-5H3,(H,39,43)/t28-,35-/m1/s1. The molecule has 4 rings (SSSR count). The van der Waals surface area contributed by atoms with Crippen molar-refractivity contribution in [3.05, 3.63) is 124 Å². The highest BCUT2D eigenvalue weighted by atomic mass is 35.5. The molecular weight excluding hydrogens is 634 g/mol. The highest BCUT2D eigenvalue weighted by Gasteiger charge is 2.35. The normalized spacial score (nSPS) is 12.6. The van der Waals surface area contributed by atoms with Crippen LogP contribution in [0, 0.1) is 13.8 Å². The maximum atomic E-state index is 14.7. The van der Waals surface area contributed by atoms with Gasteiger partial charge in [0.2, 0.25) is 11.8 Å². The topological polar surface area (TPSA) is 96.0 Å². The van der Waals surface area contributed by atoms with E-state index < -0.39 is 28.5 Å². The number of sulfonamides is 1. The minimum absolute atomic E-state index is 0.0411. The number of carbonyl (C=O) groups is 2. The monoisotopic (exact) mass is 675 g/mol. The van der Waals surface area contributed by atoms with Crippen molar-refractivity contribution in [3.63, 3.8) is 0 Å². The molecule has 8 nitrogen and oxygen atoms in total. The van der Waals surface area contributed by atoms with Gasteiger partial charge in [-0.05, 0) is 86.3 Å². The molecule has 4 aromatic carbocycles. The molecule has 0 unspecified atom stereocenters. The van der Waals surface area contributed by atoms with Gasteiger partial charge in [0, 0.05) is 24.0 Å². The summed E-state index contributed by atoms with van der Waals surface area (Å²) in [7, 11) is -2.67. The number of hydrogen-bond acceptors (Lipinski definition) is 5. The van der Waals surface area contributed by atoms with Crippen molar-refractivity contribution in [2.45, 2.75) is 64.1 Å². The lowest BCUT2D eigenvalue weighted by Gasteiger charge is -2.34. The predicted octanol–water partition coefficient (Wildman–Crippen LogP) is 6.72. The van der Waals surface area contributed by atoms with E-state index in [0.717, 1.165) is 21.0 Å². The Morgan fingerprint density at radius 3 is 2.21 bits per heavy atom. The number of rotatable bonds is 14. The largest absolute Gasteiger partial charge is 0.497 e. The Morgan fingerprint density at radius 2 is 1.57 bits per heavy atom. The number of amides is 2. The quantitative estimate of drug-likeness (QED) is 0.160. The Morgan fingerprint density at radius 1 is 0.894 bits per heavy atom. The second kappa shape index (κ2) is 16.0. The number of hydrogen-bond donors (Lipinski definition) is 1. The van der Waals surface area contributed by atoms with Gasteiger partial charge in [-0.15, -0.1) is 0 Å². The molecule has 10 heteroatoms. The summed E-state index contributed by atoms with van der Waals surface area (Å²) in [6, 6.07) is 27.0. The Hall–Kier alpha value is -4.34. The summed E-state index contributed by atoms with van der Waals surface area (Å²) in [6.45, 7) is 6.98. The molecule has 0 radical (unpaired) electrons. The third-order valence-electron chi connectivity index (χ3n) is 8.07. The molecule has 0 saturated carbocycles. The fraction of sp³-hybridized carbons (Fsp3) is 0.297. The molecule has 0 bridgehead atoms. The van der Waals surface area contributed by atoms with Crippen LogP contribution in [0.15, 0.2) is 102 Å². The van der Waals surface area contributed by atoms with E-state index in [1.165, 1.54) is 17.0 Å². The van der Waals surface area contributed by atoms with Crippen LogP contribution in [-0.4, -0.2) is 50.9 Å². The van der Waals surface area contributed by atoms with Crippen molar-refractivity contribution in [2.24, 2.45) is 0 Å². The lowest BCUT2D eigenvalue weighted by Crippen LogP contribution is -2.54. The van der Waals surface area contributed by atoms with Gasteiger partial charge in [-0.2, -0.15) is 0 Å². The summed E-state index contributed by atoms with van der Waals surface area (Å²) >= 11 is 6.25. The SMILES string of the molecule is CC[C@@H](C)NC(=O)[C@@H](Cc1ccccc1)N(Cc1cccc(OC)c1)C(=O)CN(c1ccc(Cl)cc1C)S(=O)(=O)c1ccc(C)cc1. The number of anilines is 1. The van der Waals surface area contributed by atoms with Crippen LogP contribution in [0.3, 0.4) is 0 Å². The molecule has 2 amide bonds. The third-order valence-corrected chi connectivity index (χ3v) is 10.1. The number of carbonyl (C=O) groups excluding carboxylic acids is 2. The molecule has 248 valence electrons. The summed E-state index contributed by atoms with van der Waals surface area (Å²) in [5.74, 6) is -0.271. The first-order chi connectivity index (χ1) is 22.4. The zero-order valence-electron chi connectivity index (χ0n) is 27.4. The van der Waals surface area contributed by atoms with Gasteiger partial charge in [0.15, 0.2) is 0 Å². The summed E-state index contributed by atoms with van der Waals surface area (Å²) in [5.41, 5.74) is 3.37. The second-order valence-electron chi connectivity index (χ2n) is 11.7. The fourth-order valence-corrected chi connectivity index (χ4v) is 6.92. The van der Waals surface area contributed by atoms with E-state index in [2.05, 4.69) is 5.32 Å². The van der Waals surface area contributed by atoms with E-state index in [9.17, 15) is 18.0 Å². The summed E-state index contributed by atoms with van der Waals surface area (Å²) in [6.07, 6.45) is 0.926. The van der Waals surface area contributed by atoms with Crippen LogP contribution in [0.5, 0.6) is 5.75 Å². The first kappa shape index (κ1) is 35.5. The van der Waals surface area contributed by atoms with Gasteiger partial charge in [0.25, 0.3) is 10.0 Å². The van der Waals surface area contributed by atoms with Crippen molar-refractivity contribution >= 4 is 39.1 Å². The molecule has 4 aromatic rings. The van der Waals surface area contributed by atoms with Gasteiger partial charge in [-0.25, -0.2) is 8.42 Å². The van der Waals surface area contributed by atoms with Crippen LogP contribution in [0.25, 0.3) is 0 Å². The van der Waals surface area contributed by atoms with Crippen LogP contribution >= 0.6 is 11.6 Å². The number of nitrogens with one attached hydrogen (secondary N) is 1. The van der Waals surface area contributed by atoms with Gasteiger partial charge in [0.05, 0.1) is 17.7 Å². The molecule has 0 heterocycles.